The zero-order valence-electron chi connectivity index (χ0n) is 9.87. The van der Waals surface area contributed by atoms with E-state index in [4.69, 9.17) is 5.11 Å². The van der Waals surface area contributed by atoms with Gasteiger partial charge in [-0.25, -0.2) is 14.5 Å². The summed E-state index contributed by atoms with van der Waals surface area (Å²) in [6.45, 7) is 0. The first kappa shape index (κ1) is 12.8. The molecule has 7 nitrogen and oxygen atoms in total. The van der Waals surface area contributed by atoms with Crippen LogP contribution in [-0.4, -0.2) is 30.8 Å². The molecular weight excluding hydrogens is 375 g/mol. The van der Waals surface area contributed by atoms with Gasteiger partial charge in [0.25, 0.3) is 5.56 Å². The van der Waals surface area contributed by atoms with Crippen LogP contribution < -0.4 is 5.56 Å². The van der Waals surface area contributed by atoms with Gasteiger partial charge in [0.05, 0.1) is 22.7 Å². The van der Waals surface area contributed by atoms with Gasteiger partial charge in [-0.3, -0.25) is 9.78 Å². The number of hydrogen-bond acceptors (Lipinski definition) is 4. The Bertz CT molecular complexity index is 884. The number of nitrogens with one attached hydrogen (secondary N) is 1. The second kappa shape index (κ2) is 4.71. The number of aromatic nitrogens is 4. The van der Waals surface area contributed by atoms with Gasteiger partial charge in [-0.1, -0.05) is 0 Å². The lowest BCUT2D eigenvalue weighted by Gasteiger charge is -2.02. The first-order chi connectivity index (χ1) is 9.54. The zero-order chi connectivity index (χ0) is 14.3. The molecule has 100 valence electrons. The third-order valence-corrected chi connectivity index (χ3v) is 3.37. The lowest BCUT2D eigenvalue weighted by atomic mass is 10.2. The summed E-state index contributed by atoms with van der Waals surface area (Å²) < 4.78 is 2.18. The molecule has 0 fully saturated rings. The van der Waals surface area contributed by atoms with E-state index in [0.29, 0.717) is 10.9 Å². The number of carbonyl (C=O) groups is 1. The Hall–Kier alpha value is -2.23. The van der Waals surface area contributed by atoms with E-state index in [1.54, 1.807) is 12.1 Å². The van der Waals surface area contributed by atoms with Gasteiger partial charge < -0.3 is 5.11 Å². The predicted molar refractivity (Wildman–Crippen MR) is 79.2 cm³/mol. The van der Waals surface area contributed by atoms with Crippen molar-refractivity contribution < 1.29 is 9.90 Å². The summed E-state index contributed by atoms with van der Waals surface area (Å²) >= 11 is 2.13. The lowest BCUT2D eigenvalue weighted by Crippen LogP contribution is -2.13. The van der Waals surface area contributed by atoms with Crippen molar-refractivity contribution in [3.63, 3.8) is 0 Å². The molecule has 0 saturated carbocycles. The van der Waals surface area contributed by atoms with Crippen molar-refractivity contribution in [2.75, 3.05) is 0 Å². The minimum absolute atomic E-state index is 0.0235. The van der Waals surface area contributed by atoms with E-state index in [2.05, 4.69) is 37.7 Å². The molecule has 2 N–H and O–H groups in total. The lowest BCUT2D eigenvalue weighted by molar-refractivity contribution is 0.0697. The van der Waals surface area contributed by atoms with Gasteiger partial charge in [0.1, 0.15) is 0 Å². The fourth-order valence-electron chi connectivity index (χ4n) is 1.76. The number of halogens is 1. The molecule has 2 heterocycles. The first-order valence-corrected chi connectivity index (χ1v) is 6.60. The zero-order valence-corrected chi connectivity index (χ0v) is 12.0. The third kappa shape index (κ3) is 2.18. The highest BCUT2D eigenvalue weighted by atomic mass is 127. The van der Waals surface area contributed by atoms with Gasteiger partial charge in [0.2, 0.25) is 5.95 Å². The van der Waals surface area contributed by atoms with Gasteiger partial charge in [-0.2, -0.15) is 5.10 Å². The van der Waals surface area contributed by atoms with Crippen LogP contribution in [0.4, 0.5) is 0 Å². The van der Waals surface area contributed by atoms with Crippen LogP contribution in [-0.2, 0) is 0 Å². The summed E-state index contributed by atoms with van der Waals surface area (Å²) in [6.07, 6.45) is 2.49. The second-order valence-corrected chi connectivity index (χ2v) is 5.28. The van der Waals surface area contributed by atoms with Gasteiger partial charge in [-0.05, 0) is 40.8 Å². The normalized spacial score (nSPS) is 10.8. The van der Waals surface area contributed by atoms with Crippen molar-refractivity contribution in [2.24, 2.45) is 0 Å². The molecule has 0 aliphatic heterocycles. The summed E-state index contributed by atoms with van der Waals surface area (Å²) in [5.41, 5.74) is 0.257. The number of benzene rings is 1. The SMILES string of the molecule is O=C(O)c1cnn(-c2nc3cc(I)ccc3c(=O)[nH]2)c1. The van der Waals surface area contributed by atoms with Crippen molar-refractivity contribution in [2.45, 2.75) is 0 Å². The molecule has 20 heavy (non-hydrogen) atoms. The summed E-state index contributed by atoms with van der Waals surface area (Å²) in [4.78, 5) is 29.7. The molecule has 0 spiro atoms. The molecule has 0 aliphatic rings. The standard InChI is InChI=1S/C12H7IN4O3/c13-7-1-2-8-9(3-7)15-12(16-10(8)18)17-5-6(4-14-17)11(19)20/h1-5H,(H,19,20)(H,15,16,18). The number of rotatable bonds is 2. The van der Waals surface area contributed by atoms with E-state index in [1.807, 2.05) is 6.07 Å². The Kier molecular flexibility index (Phi) is 3.01. The number of carboxylic acid groups (broad SMARTS) is 1. The second-order valence-electron chi connectivity index (χ2n) is 4.03. The average Bonchev–Trinajstić information content (AvgIpc) is 2.87. The van der Waals surface area contributed by atoms with Crippen molar-refractivity contribution in [3.8, 4) is 5.95 Å². The van der Waals surface area contributed by atoms with Gasteiger partial charge in [0, 0.05) is 9.77 Å². The topological polar surface area (TPSA) is 101 Å². The van der Waals surface area contributed by atoms with Crippen LogP contribution in [0.3, 0.4) is 0 Å². The smallest absolute Gasteiger partial charge is 0.338 e. The number of fused-ring (bicyclic) bond motifs is 1. The molecule has 0 amide bonds. The van der Waals surface area contributed by atoms with Crippen LogP contribution in [0.1, 0.15) is 10.4 Å². The minimum atomic E-state index is -1.09. The summed E-state index contributed by atoms with van der Waals surface area (Å²) in [6, 6.07) is 5.28. The summed E-state index contributed by atoms with van der Waals surface area (Å²) in [5.74, 6) is -0.911. The molecule has 2 aromatic heterocycles. The number of aromatic carboxylic acids is 1. The largest absolute Gasteiger partial charge is 0.478 e. The Morgan fingerprint density at radius 3 is 2.90 bits per heavy atom. The minimum Gasteiger partial charge on any atom is -0.478 e. The van der Waals surface area contributed by atoms with Crippen LogP contribution in [0.15, 0.2) is 35.4 Å². The maximum Gasteiger partial charge on any atom is 0.338 e. The first-order valence-electron chi connectivity index (χ1n) is 5.52. The van der Waals surface area contributed by atoms with Crippen LogP contribution in [0.5, 0.6) is 0 Å². The quantitative estimate of drug-likeness (QED) is 0.653. The van der Waals surface area contributed by atoms with E-state index < -0.39 is 5.97 Å². The van der Waals surface area contributed by atoms with Crippen LogP contribution in [0.25, 0.3) is 16.9 Å². The number of carboxylic acids is 1. The van der Waals surface area contributed by atoms with Crippen LogP contribution in [0.2, 0.25) is 0 Å². The molecule has 8 heteroatoms. The molecule has 3 rings (SSSR count). The van der Waals surface area contributed by atoms with E-state index in [-0.39, 0.29) is 17.1 Å². The number of hydrogen-bond donors (Lipinski definition) is 2. The summed E-state index contributed by atoms with van der Waals surface area (Å²) in [5, 5.41) is 13.2. The van der Waals surface area contributed by atoms with E-state index >= 15 is 0 Å². The average molecular weight is 382 g/mol. The summed E-state index contributed by atoms with van der Waals surface area (Å²) in [7, 11) is 0. The molecule has 0 aliphatic carbocycles. The van der Waals surface area contributed by atoms with E-state index in [9.17, 15) is 9.59 Å². The maximum absolute atomic E-state index is 12.0. The highest BCUT2D eigenvalue weighted by Gasteiger charge is 2.10. The fraction of sp³-hybridized carbons (Fsp3) is 0. The predicted octanol–water partition coefficient (Wildman–Crippen LogP) is 1.41. The van der Waals surface area contributed by atoms with Gasteiger partial charge in [-0.15, -0.1) is 0 Å². The number of H-pyrrole nitrogens is 1. The Balaban J connectivity index is 2.20. The maximum atomic E-state index is 12.0. The molecule has 0 atom stereocenters. The van der Waals surface area contributed by atoms with Gasteiger partial charge in [0.15, 0.2) is 0 Å². The molecule has 0 saturated heterocycles. The van der Waals surface area contributed by atoms with Crippen molar-refractivity contribution >= 4 is 39.5 Å². The van der Waals surface area contributed by atoms with Crippen molar-refractivity contribution in [3.05, 3.63) is 50.1 Å². The molecule has 1 aromatic carbocycles. The monoisotopic (exact) mass is 382 g/mol. The molecule has 3 aromatic rings. The highest BCUT2D eigenvalue weighted by molar-refractivity contribution is 14.1. The Morgan fingerprint density at radius 1 is 1.40 bits per heavy atom. The van der Waals surface area contributed by atoms with Crippen LogP contribution >= 0.6 is 22.6 Å². The van der Waals surface area contributed by atoms with Crippen molar-refractivity contribution in [1.82, 2.24) is 19.7 Å². The molecular formula is C12H7IN4O3. The van der Waals surface area contributed by atoms with Crippen molar-refractivity contribution in [1.29, 1.82) is 0 Å². The van der Waals surface area contributed by atoms with E-state index in [1.165, 1.54) is 17.1 Å². The Morgan fingerprint density at radius 2 is 2.20 bits per heavy atom. The highest BCUT2D eigenvalue weighted by Crippen LogP contribution is 2.13. The Labute approximate surface area is 125 Å². The molecule has 0 radical (unpaired) electrons. The number of aromatic amines is 1. The third-order valence-electron chi connectivity index (χ3n) is 2.70. The fourth-order valence-corrected chi connectivity index (χ4v) is 2.23. The molecule has 0 bridgehead atoms. The molecule has 0 unspecified atom stereocenters. The number of nitrogens with zero attached hydrogens (tertiary/aromatic N) is 3. The van der Waals surface area contributed by atoms with E-state index in [0.717, 1.165) is 3.57 Å². The van der Waals surface area contributed by atoms with Gasteiger partial charge >= 0.3 is 5.97 Å². The van der Waals surface area contributed by atoms with Crippen LogP contribution in [0, 0.1) is 3.57 Å².